The molecule has 0 spiro atoms. The van der Waals surface area contributed by atoms with E-state index in [2.05, 4.69) is 37.2 Å². The molecule has 1 aliphatic heterocycles. The molecule has 1 fully saturated rings. The topological polar surface area (TPSA) is 337 Å². The maximum atomic E-state index is 13.5. The lowest BCUT2D eigenvalue weighted by atomic mass is 10.0. The molecule has 1 saturated heterocycles. The molecule has 8 unspecified atom stereocenters. The Balaban J connectivity index is 2.22. The SMILES string of the molecule is CC(O)C1NC(=O)C(NC(=O)C(N)CO)CCC(=O)NCCCCC(C(=O)NC(CO)C(=O)NC(Cc2ccccc2)C(N)=O)NCC(CO)NC1=O. The van der Waals surface area contributed by atoms with Crippen molar-refractivity contribution in [3.8, 4) is 0 Å². The van der Waals surface area contributed by atoms with Crippen molar-refractivity contribution in [2.24, 2.45) is 11.5 Å². The third kappa shape index (κ3) is 15.4. The summed E-state index contributed by atoms with van der Waals surface area (Å²) in [6.07, 6.45) is -1.02. The van der Waals surface area contributed by atoms with Gasteiger partial charge in [-0.1, -0.05) is 30.3 Å². The van der Waals surface area contributed by atoms with Gasteiger partial charge in [-0.15, -0.1) is 0 Å². The average Bonchev–Trinajstić information content (AvgIpc) is 3.13. The molecule has 2 rings (SSSR count). The number of primary amides is 1. The van der Waals surface area contributed by atoms with Crippen LogP contribution in [0, 0.1) is 0 Å². The van der Waals surface area contributed by atoms with E-state index in [1.54, 1.807) is 30.3 Å². The molecule has 0 saturated carbocycles. The number of nitrogens with two attached hydrogens (primary N) is 2. The average molecular weight is 752 g/mol. The van der Waals surface area contributed by atoms with Crippen molar-refractivity contribution in [2.45, 2.75) is 93.8 Å². The first-order valence-electron chi connectivity index (χ1n) is 17.3. The van der Waals surface area contributed by atoms with Crippen LogP contribution >= 0.6 is 0 Å². The van der Waals surface area contributed by atoms with E-state index in [4.69, 9.17) is 11.5 Å². The maximum Gasteiger partial charge on any atom is 0.245 e. The normalized spacial score (nSPS) is 23.2. The fourth-order valence-corrected chi connectivity index (χ4v) is 5.23. The Labute approximate surface area is 306 Å². The summed E-state index contributed by atoms with van der Waals surface area (Å²) in [4.78, 5) is 90.0. The number of rotatable bonds is 13. The van der Waals surface area contributed by atoms with Gasteiger partial charge >= 0.3 is 0 Å². The molecule has 296 valence electrons. The highest BCUT2D eigenvalue weighted by atomic mass is 16.3. The number of aliphatic hydroxyl groups excluding tert-OH is 4. The first kappa shape index (κ1) is 44.4. The number of hydrogen-bond donors (Lipinski definition) is 13. The van der Waals surface area contributed by atoms with Gasteiger partial charge < -0.3 is 69.1 Å². The Morgan fingerprint density at radius 3 is 2.21 bits per heavy atom. The van der Waals surface area contributed by atoms with Crippen LogP contribution < -0.4 is 48.7 Å². The molecule has 0 bridgehead atoms. The summed E-state index contributed by atoms with van der Waals surface area (Å²) in [5.74, 6) is -5.66. The van der Waals surface area contributed by atoms with Gasteiger partial charge in [0.2, 0.25) is 41.4 Å². The summed E-state index contributed by atoms with van der Waals surface area (Å²) in [6.45, 7) is -1.02. The minimum Gasteiger partial charge on any atom is -0.394 e. The molecule has 0 radical (unpaired) electrons. The lowest BCUT2D eigenvalue weighted by molar-refractivity contribution is -0.135. The van der Waals surface area contributed by atoms with Crippen molar-refractivity contribution in [3.05, 3.63) is 35.9 Å². The van der Waals surface area contributed by atoms with Crippen LogP contribution in [0.4, 0.5) is 0 Å². The second-order valence-corrected chi connectivity index (χ2v) is 12.7. The van der Waals surface area contributed by atoms with Gasteiger partial charge in [0.25, 0.3) is 0 Å². The molecular formula is C33H53N9O11. The van der Waals surface area contributed by atoms with E-state index >= 15 is 0 Å². The van der Waals surface area contributed by atoms with Crippen LogP contribution in [0.25, 0.3) is 0 Å². The zero-order chi connectivity index (χ0) is 39.5. The third-order valence-corrected chi connectivity index (χ3v) is 8.38. The summed E-state index contributed by atoms with van der Waals surface area (Å²) in [7, 11) is 0. The Morgan fingerprint density at radius 1 is 0.906 bits per heavy atom. The van der Waals surface area contributed by atoms with E-state index in [1.807, 2.05) is 0 Å². The van der Waals surface area contributed by atoms with Crippen molar-refractivity contribution in [1.29, 1.82) is 0 Å². The van der Waals surface area contributed by atoms with Crippen LogP contribution in [0.3, 0.4) is 0 Å². The Bertz CT molecular complexity index is 1390. The largest absolute Gasteiger partial charge is 0.394 e. The molecule has 20 heteroatoms. The first-order chi connectivity index (χ1) is 25.2. The van der Waals surface area contributed by atoms with Gasteiger partial charge in [0.05, 0.1) is 38.0 Å². The molecule has 20 nitrogen and oxygen atoms in total. The lowest BCUT2D eigenvalue weighted by Gasteiger charge is -2.28. The highest BCUT2D eigenvalue weighted by Crippen LogP contribution is 2.07. The standard InChI is InChI=1S/C33H53N9O11/c1-18(46)27-33(53)38-20(15-43)14-37-22(9-5-6-12-36-26(47)11-10-23(31(51)42-27)39-29(49)21(34)16-44)30(50)41-25(17-45)32(52)40-24(28(35)48)13-19-7-3-2-4-8-19/h2-4,7-8,18,20-25,27,37,43-46H,5-6,9-17,34H2,1H3,(H2,35,48)(H,36,47)(H,38,53)(H,39,49)(H,40,52)(H,41,50)(H,42,51). The van der Waals surface area contributed by atoms with Gasteiger partial charge in [-0.2, -0.15) is 0 Å². The second kappa shape index (κ2) is 23.0. The van der Waals surface area contributed by atoms with Crippen molar-refractivity contribution in [3.63, 3.8) is 0 Å². The molecule has 1 heterocycles. The van der Waals surface area contributed by atoms with Crippen molar-refractivity contribution >= 4 is 41.4 Å². The van der Waals surface area contributed by atoms with E-state index in [1.165, 1.54) is 6.92 Å². The fourth-order valence-electron chi connectivity index (χ4n) is 5.23. The first-order valence-corrected chi connectivity index (χ1v) is 17.3. The number of nitrogens with one attached hydrogen (secondary N) is 7. The highest BCUT2D eigenvalue weighted by Gasteiger charge is 2.33. The Morgan fingerprint density at radius 2 is 1.60 bits per heavy atom. The van der Waals surface area contributed by atoms with Crippen LogP contribution in [0.1, 0.15) is 44.6 Å². The second-order valence-electron chi connectivity index (χ2n) is 12.7. The molecule has 0 aromatic heterocycles. The van der Waals surface area contributed by atoms with Crippen molar-refractivity contribution < 1.29 is 54.0 Å². The number of hydrogen-bond acceptors (Lipinski definition) is 13. The van der Waals surface area contributed by atoms with Crippen LogP contribution in [0.15, 0.2) is 30.3 Å². The Hall–Kier alpha value is -4.73. The molecule has 8 atom stereocenters. The van der Waals surface area contributed by atoms with Crippen LogP contribution in [0.2, 0.25) is 0 Å². The number of carbonyl (C=O) groups excluding carboxylic acids is 7. The van der Waals surface area contributed by atoms with Crippen LogP contribution in [0.5, 0.6) is 0 Å². The van der Waals surface area contributed by atoms with E-state index in [9.17, 15) is 54.0 Å². The molecular weight excluding hydrogens is 698 g/mol. The summed E-state index contributed by atoms with van der Waals surface area (Å²) < 4.78 is 0. The lowest BCUT2D eigenvalue weighted by Crippen LogP contribution is -2.61. The van der Waals surface area contributed by atoms with Gasteiger partial charge in [-0.3, -0.25) is 33.6 Å². The van der Waals surface area contributed by atoms with Gasteiger partial charge in [-0.25, -0.2) is 0 Å². The quantitative estimate of drug-likeness (QED) is 0.0894. The molecule has 7 amide bonds. The summed E-state index contributed by atoms with van der Waals surface area (Å²) >= 11 is 0. The molecule has 1 aliphatic rings. The number of carbonyl (C=O) groups is 7. The molecule has 0 aliphatic carbocycles. The van der Waals surface area contributed by atoms with Gasteiger partial charge in [-0.05, 0) is 38.2 Å². The van der Waals surface area contributed by atoms with Crippen LogP contribution in [-0.4, -0.2) is 143 Å². The monoisotopic (exact) mass is 751 g/mol. The van der Waals surface area contributed by atoms with E-state index in [-0.39, 0.29) is 38.8 Å². The predicted octanol–water partition coefficient (Wildman–Crippen LogP) is -6.14. The third-order valence-electron chi connectivity index (χ3n) is 8.38. The van der Waals surface area contributed by atoms with Gasteiger partial charge in [0.1, 0.15) is 30.2 Å². The molecule has 15 N–H and O–H groups in total. The zero-order valence-electron chi connectivity index (χ0n) is 29.6. The number of amides is 7. The van der Waals surface area contributed by atoms with Crippen molar-refractivity contribution in [1.82, 2.24) is 37.2 Å². The molecule has 1 aromatic carbocycles. The van der Waals surface area contributed by atoms with E-state index < -0.39 is 110 Å². The molecule has 53 heavy (non-hydrogen) atoms. The Kier molecular flexibility index (Phi) is 19.3. The predicted molar refractivity (Wildman–Crippen MR) is 188 cm³/mol. The summed E-state index contributed by atoms with van der Waals surface area (Å²) in [5.41, 5.74) is 11.8. The van der Waals surface area contributed by atoms with E-state index in [0.29, 0.717) is 18.4 Å². The van der Waals surface area contributed by atoms with E-state index in [0.717, 1.165) is 0 Å². The number of aliphatic hydroxyl groups is 4. The minimum atomic E-state index is -1.59. The van der Waals surface area contributed by atoms with Gasteiger partial charge in [0.15, 0.2) is 0 Å². The summed E-state index contributed by atoms with van der Waals surface area (Å²) in [5, 5.41) is 57.3. The summed E-state index contributed by atoms with van der Waals surface area (Å²) in [6, 6.07) is -0.306. The minimum absolute atomic E-state index is 0.0685. The van der Waals surface area contributed by atoms with Crippen molar-refractivity contribution in [2.75, 3.05) is 32.9 Å². The zero-order valence-corrected chi connectivity index (χ0v) is 29.6. The fraction of sp³-hybridized carbons (Fsp3) is 0.606. The maximum absolute atomic E-state index is 13.5. The van der Waals surface area contributed by atoms with Crippen LogP contribution in [-0.2, 0) is 40.0 Å². The highest BCUT2D eigenvalue weighted by molar-refractivity contribution is 5.94. The van der Waals surface area contributed by atoms with Gasteiger partial charge in [0, 0.05) is 25.9 Å². The molecule has 1 aromatic rings. The number of benzene rings is 1. The smallest absolute Gasteiger partial charge is 0.245 e.